The maximum atomic E-state index is 13.4. The molecule has 0 aliphatic rings. The molecule has 0 aliphatic heterocycles. The highest BCUT2D eigenvalue weighted by Gasteiger charge is 2.27. The van der Waals surface area contributed by atoms with Crippen molar-refractivity contribution < 1.29 is 22.7 Å². The summed E-state index contributed by atoms with van der Waals surface area (Å²) in [7, 11) is -0.631. The SMILES string of the molecule is COc1ccc(-c2csc(NC(=O)c3ccc(S(=O)(=O)N(Cc4ccccc4)C(C)C)cc3)n2)cc1OC. The zero-order valence-corrected chi connectivity index (χ0v) is 23.2. The van der Waals surface area contributed by atoms with E-state index in [-0.39, 0.29) is 23.4 Å². The first-order valence-corrected chi connectivity index (χ1v) is 14.2. The van der Waals surface area contributed by atoms with Crippen molar-refractivity contribution in [3.8, 4) is 22.8 Å². The standard InChI is InChI=1S/C28H29N3O5S2/c1-19(2)31(17-20-8-6-5-7-9-20)38(33,34)23-13-10-21(11-14-23)27(32)30-28-29-24(18-37-28)22-12-15-25(35-3)26(16-22)36-4/h5-16,18-19H,17H2,1-4H3,(H,29,30,32). The van der Waals surface area contributed by atoms with Gasteiger partial charge in [-0.15, -0.1) is 11.3 Å². The minimum absolute atomic E-state index is 0.128. The largest absolute Gasteiger partial charge is 0.493 e. The van der Waals surface area contributed by atoms with E-state index in [4.69, 9.17) is 9.47 Å². The molecule has 8 nitrogen and oxygen atoms in total. The van der Waals surface area contributed by atoms with E-state index in [2.05, 4.69) is 10.3 Å². The second-order valence-electron chi connectivity index (χ2n) is 8.72. The predicted molar refractivity (Wildman–Crippen MR) is 149 cm³/mol. The summed E-state index contributed by atoms with van der Waals surface area (Å²) in [6, 6.07) is 20.6. The van der Waals surface area contributed by atoms with E-state index in [9.17, 15) is 13.2 Å². The highest BCUT2D eigenvalue weighted by atomic mass is 32.2. The lowest BCUT2D eigenvalue weighted by Gasteiger charge is -2.26. The number of benzene rings is 3. The van der Waals surface area contributed by atoms with Crippen LogP contribution in [0.15, 0.2) is 83.1 Å². The fourth-order valence-electron chi connectivity index (χ4n) is 3.85. The number of aromatic nitrogens is 1. The van der Waals surface area contributed by atoms with Gasteiger partial charge in [0, 0.05) is 29.1 Å². The lowest BCUT2D eigenvalue weighted by atomic mass is 10.1. The number of ether oxygens (including phenoxy) is 2. The molecule has 0 saturated carbocycles. The van der Waals surface area contributed by atoms with Gasteiger partial charge in [-0.3, -0.25) is 10.1 Å². The lowest BCUT2D eigenvalue weighted by Crippen LogP contribution is -2.36. The van der Waals surface area contributed by atoms with Crippen LogP contribution in [0.5, 0.6) is 11.5 Å². The summed E-state index contributed by atoms with van der Waals surface area (Å²) >= 11 is 1.29. The van der Waals surface area contributed by atoms with E-state index in [0.29, 0.717) is 27.9 Å². The van der Waals surface area contributed by atoms with Gasteiger partial charge in [-0.2, -0.15) is 4.31 Å². The first-order chi connectivity index (χ1) is 18.2. The van der Waals surface area contributed by atoms with Gasteiger partial charge in [-0.25, -0.2) is 13.4 Å². The molecule has 0 aliphatic carbocycles. The van der Waals surface area contributed by atoms with Gasteiger partial charge in [-0.05, 0) is 61.9 Å². The molecule has 0 fully saturated rings. The maximum Gasteiger partial charge on any atom is 0.257 e. The van der Waals surface area contributed by atoms with Crippen molar-refractivity contribution >= 4 is 32.4 Å². The summed E-state index contributed by atoms with van der Waals surface area (Å²) in [6.07, 6.45) is 0. The van der Waals surface area contributed by atoms with Crippen molar-refractivity contribution in [2.24, 2.45) is 0 Å². The van der Waals surface area contributed by atoms with E-state index < -0.39 is 10.0 Å². The van der Waals surface area contributed by atoms with Crippen LogP contribution in [0.1, 0.15) is 29.8 Å². The predicted octanol–water partition coefficient (Wildman–Crippen LogP) is 5.68. The third-order valence-electron chi connectivity index (χ3n) is 5.88. The summed E-state index contributed by atoms with van der Waals surface area (Å²) in [4.78, 5) is 17.5. The number of nitrogens with one attached hydrogen (secondary N) is 1. The number of methoxy groups -OCH3 is 2. The first-order valence-electron chi connectivity index (χ1n) is 11.9. The van der Waals surface area contributed by atoms with Crippen LogP contribution in [-0.4, -0.2) is 43.9 Å². The third kappa shape index (κ3) is 6.04. The number of hydrogen-bond donors (Lipinski definition) is 1. The number of thiazole rings is 1. The fraction of sp³-hybridized carbons (Fsp3) is 0.214. The van der Waals surface area contributed by atoms with Gasteiger partial charge in [-0.1, -0.05) is 30.3 Å². The van der Waals surface area contributed by atoms with E-state index in [1.165, 1.54) is 39.9 Å². The highest BCUT2D eigenvalue weighted by molar-refractivity contribution is 7.89. The van der Waals surface area contributed by atoms with Gasteiger partial charge in [0.25, 0.3) is 5.91 Å². The van der Waals surface area contributed by atoms with E-state index in [0.717, 1.165) is 11.1 Å². The van der Waals surface area contributed by atoms with E-state index in [1.807, 2.05) is 61.7 Å². The van der Waals surface area contributed by atoms with E-state index in [1.54, 1.807) is 20.3 Å². The van der Waals surface area contributed by atoms with Crippen LogP contribution in [0, 0.1) is 0 Å². The van der Waals surface area contributed by atoms with Crippen LogP contribution in [0.2, 0.25) is 0 Å². The molecule has 10 heteroatoms. The Labute approximate surface area is 226 Å². The Morgan fingerprint density at radius 3 is 2.29 bits per heavy atom. The van der Waals surface area contributed by atoms with Crippen LogP contribution >= 0.6 is 11.3 Å². The number of carbonyl (C=O) groups is 1. The Morgan fingerprint density at radius 1 is 0.974 bits per heavy atom. The first kappa shape index (κ1) is 27.3. The average Bonchev–Trinajstić information content (AvgIpc) is 3.40. The van der Waals surface area contributed by atoms with Crippen LogP contribution in [0.3, 0.4) is 0 Å². The number of hydrogen-bond acceptors (Lipinski definition) is 7. The summed E-state index contributed by atoms with van der Waals surface area (Å²) in [6.45, 7) is 3.94. The zero-order chi connectivity index (χ0) is 27.3. The van der Waals surface area contributed by atoms with Crippen molar-refractivity contribution in [1.29, 1.82) is 0 Å². The van der Waals surface area contributed by atoms with Gasteiger partial charge < -0.3 is 9.47 Å². The molecule has 0 atom stereocenters. The molecule has 0 unspecified atom stereocenters. The van der Waals surface area contributed by atoms with Crippen molar-refractivity contribution in [3.05, 3.63) is 89.3 Å². The van der Waals surface area contributed by atoms with Crippen LogP contribution < -0.4 is 14.8 Å². The van der Waals surface area contributed by atoms with Crippen molar-refractivity contribution in [3.63, 3.8) is 0 Å². The number of nitrogens with zero attached hydrogens (tertiary/aromatic N) is 2. The number of amides is 1. The molecule has 0 bridgehead atoms. The second kappa shape index (κ2) is 11.8. The minimum Gasteiger partial charge on any atom is -0.493 e. The smallest absolute Gasteiger partial charge is 0.257 e. The number of rotatable bonds is 10. The Bertz CT molecular complexity index is 1500. The van der Waals surface area contributed by atoms with Gasteiger partial charge in [0.05, 0.1) is 24.8 Å². The Hall–Kier alpha value is -3.73. The van der Waals surface area contributed by atoms with Crippen molar-refractivity contribution in [2.45, 2.75) is 31.3 Å². The van der Waals surface area contributed by atoms with Gasteiger partial charge in [0.1, 0.15) is 0 Å². The van der Waals surface area contributed by atoms with Gasteiger partial charge in [0.2, 0.25) is 10.0 Å². The molecule has 0 saturated heterocycles. The molecular weight excluding hydrogens is 522 g/mol. The normalized spacial score (nSPS) is 11.5. The second-order valence-corrected chi connectivity index (χ2v) is 11.5. The van der Waals surface area contributed by atoms with Crippen LogP contribution in [-0.2, 0) is 16.6 Å². The molecule has 4 aromatic rings. The van der Waals surface area contributed by atoms with Crippen LogP contribution in [0.4, 0.5) is 5.13 Å². The lowest BCUT2D eigenvalue weighted by molar-refractivity contribution is 0.102. The third-order valence-corrected chi connectivity index (χ3v) is 8.68. The average molecular weight is 552 g/mol. The summed E-state index contributed by atoms with van der Waals surface area (Å²) < 4.78 is 38.8. The molecule has 198 valence electrons. The fourth-order valence-corrected chi connectivity index (χ4v) is 6.19. The van der Waals surface area contributed by atoms with Crippen molar-refractivity contribution in [2.75, 3.05) is 19.5 Å². The molecule has 38 heavy (non-hydrogen) atoms. The number of anilines is 1. The highest BCUT2D eigenvalue weighted by Crippen LogP contribution is 2.33. The van der Waals surface area contributed by atoms with Gasteiger partial charge >= 0.3 is 0 Å². The van der Waals surface area contributed by atoms with Crippen molar-refractivity contribution in [1.82, 2.24) is 9.29 Å². The molecule has 4 rings (SSSR count). The van der Waals surface area contributed by atoms with E-state index >= 15 is 0 Å². The van der Waals surface area contributed by atoms with Crippen LogP contribution in [0.25, 0.3) is 11.3 Å². The topological polar surface area (TPSA) is 97.8 Å². The zero-order valence-electron chi connectivity index (χ0n) is 21.5. The summed E-state index contributed by atoms with van der Waals surface area (Å²) in [5.41, 5.74) is 2.72. The molecule has 0 radical (unpaired) electrons. The molecular formula is C28H29N3O5S2. The number of sulfonamides is 1. The summed E-state index contributed by atoms with van der Waals surface area (Å²) in [5, 5.41) is 5.04. The number of carbonyl (C=O) groups excluding carboxylic acids is 1. The molecule has 1 amide bonds. The monoisotopic (exact) mass is 551 g/mol. The van der Waals surface area contributed by atoms with Gasteiger partial charge in [0.15, 0.2) is 16.6 Å². The maximum absolute atomic E-state index is 13.4. The summed E-state index contributed by atoms with van der Waals surface area (Å²) in [5.74, 6) is 0.813. The minimum atomic E-state index is -3.77. The molecule has 0 spiro atoms. The quantitative estimate of drug-likeness (QED) is 0.272. The molecule has 1 aromatic heterocycles. The Balaban J connectivity index is 1.47. The Kier molecular flexibility index (Phi) is 8.45. The molecule has 1 heterocycles. The Morgan fingerprint density at radius 2 is 1.66 bits per heavy atom. The molecule has 3 aromatic carbocycles. The molecule has 1 N–H and O–H groups in total.